The molecule has 0 spiro atoms. The first kappa shape index (κ1) is 15.7. The Hall–Kier alpha value is -1.80. The Bertz CT molecular complexity index is 696. The number of rotatable bonds is 4. The number of fused-ring (bicyclic) bond motifs is 4. The van der Waals surface area contributed by atoms with E-state index in [0.29, 0.717) is 11.5 Å². The second-order valence-electron chi connectivity index (χ2n) is 7.71. The van der Waals surface area contributed by atoms with Crippen LogP contribution in [-0.4, -0.2) is 30.6 Å². The number of nitrogens with zero attached hydrogens (tertiary/aromatic N) is 1. The summed E-state index contributed by atoms with van der Waals surface area (Å²) in [5.74, 6) is 0.720. The van der Waals surface area contributed by atoms with E-state index in [-0.39, 0.29) is 0 Å². The van der Waals surface area contributed by atoms with E-state index in [1.165, 1.54) is 25.1 Å². The summed E-state index contributed by atoms with van der Waals surface area (Å²) in [5.41, 5.74) is 4.75. The third kappa shape index (κ3) is 2.63. The van der Waals surface area contributed by atoms with E-state index in [9.17, 15) is 0 Å². The van der Waals surface area contributed by atoms with E-state index < -0.39 is 0 Å². The maximum absolute atomic E-state index is 3.57. The largest absolute Gasteiger partial charge is 0.384 e. The van der Waals surface area contributed by atoms with Crippen LogP contribution in [0.15, 0.2) is 54.6 Å². The average Bonchev–Trinajstić information content (AvgIpc) is 2.61. The molecule has 0 aromatic heterocycles. The van der Waals surface area contributed by atoms with Crippen LogP contribution in [0.25, 0.3) is 0 Å². The third-order valence-corrected chi connectivity index (χ3v) is 6.53. The molecule has 0 unspecified atom stereocenters. The van der Waals surface area contributed by atoms with Gasteiger partial charge in [0, 0.05) is 24.8 Å². The minimum atomic E-state index is 0.350. The fraction of sp³-hybridized carbons (Fsp3) is 0.455. The summed E-state index contributed by atoms with van der Waals surface area (Å²) in [4.78, 5) is 2.72. The molecule has 0 amide bonds. The fourth-order valence-electron chi connectivity index (χ4n) is 4.85. The lowest BCUT2D eigenvalue weighted by Gasteiger charge is -2.54. The number of hydrogen-bond donors (Lipinski definition) is 1. The third-order valence-electron chi connectivity index (χ3n) is 6.53. The minimum absolute atomic E-state index is 0.350. The molecular formula is C22H28N2. The summed E-state index contributed by atoms with van der Waals surface area (Å²) in [6, 6.07) is 20.4. The first-order valence-electron chi connectivity index (χ1n) is 9.30. The van der Waals surface area contributed by atoms with Crippen LogP contribution in [0.1, 0.15) is 31.4 Å². The van der Waals surface area contributed by atoms with E-state index in [1.807, 2.05) is 0 Å². The summed E-state index contributed by atoms with van der Waals surface area (Å²) in [6.45, 7) is 8.32. The predicted molar refractivity (Wildman–Crippen MR) is 102 cm³/mol. The van der Waals surface area contributed by atoms with E-state index >= 15 is 0 Å². The maximum Gasteiger partial charge on any atom is 0.0340 e. The smallest absolute Gasteiger partial charge is 0.0340 e. The maximum atomic E-state index is 3.57. The molecule has 3 atom stereocenters. The van der Waals surface area contributed by atoms with Gasteiger partial charge in [0.15, 0.2) is 0 Å². The van der Waals surface area contributed by atoms with Crippen molar-refractivity contribution in [2.24, 2.45) is 5.92 Å². The average molecular weight is 320 g/mol. The molecule has 1 N–H and O–H groups in total. The van der Waals surface area contributed by atoms with Crippen LogP contribution in [0, 0.1) is 5.92 Å². The lowest BCUT2D eigenvalue weighted by atomic mass is 9.59. The topological polar surface area (TPSA) is 15.3 Å². The molecule has 2 nitrogen and oxygen atoms in total. The zero-order valence-electron chi connectivity index (χ0n) is 14.8. The first-order valence-corrected chi connectivity index (χ1v) is 9.30. The summed E-state index contributed by atoms with van der Waals surface area (Å²) < 4.78 is 0. The molecule has 2 heteroatoms. The number of benzene rings is 2. The number of nitrogens with one attached hydrogen (secondary N) is 1. The molecule has 0 saturated carbocycles. The highest BCUT2D eigenvalue weighted by molar-refractivity contribution is 5.42. The van der Waals surface area contributed by atoms with Gasteiger partial charge >= 0.3 is 0 Å². The molecule has 4 rings (SSSR count). The van der Waals surface area contributed by atoms with Gasteiger partial charge in [0.2, 0.25) is 0 Å². The van der Waals surface area contributed by atoms with Gasteiger partial charge < -0.3 is 5.32 Å². The van der Waals surface area contributed by atoms with Gasteiger partial charge in [-0.1, -0.05) is 56.3 Å². The van der Waals surface area contributed by atoms with Gasteiger partial charge in [0.05, 0.1) is 0 Å². The van der Waals surface area contributed by atoms with Crippen molar-refractivity contribution in [2.75, 3.05) is 25.0 Å². The van der Waals surface area contributed by atoms with E-state index in [0.717, 1.165) is 19.0 Å². The molecule has 2 aromatic rings. The Kier molecular flexibility index (Phi) is 4.09. The molecule has 1 fully saturated rings. The highest BCUT2D eigenvalue weighted by atomic mass is 15.2. The summed E-state index contributed by atoms with van der Waals surface area (Å²) in [7, 11) is 0. The van der Waals surface area contributed by atoms with E-state index in [4.69, 9.17) is 0 Å². The van der Waals surface area contributed by atoms with Crippen molar-refractivity contribution in [3.63, 3.8) is 0 Å². The quantitative estimate of drug-likeness (QED) is 0.902. The number of anilines is 1. The van der Waals surface area contributed by atoms with Gasteiger partial charge in [0.25, 0.3) is 0 Å². The van der Waals surface area contributed by atoms with E-state index in [2.05, 4.69) is 78.7 Å². The Morgan fingerprint density at radius 3 is 2.67 bits per heavy atom. The number of para-hydroxylation sites is 1. The number of hydrogen-bond acceptors (Lipinski definition) is 2. The Labute approximate surface area is 145 Å². The normalized spacial score (nSPS) is 29.1. The Morgan fingerprint density at radius 2 is 1.83 bits per heavy atom. The second kappa shape index (κ2) is 6.25. The van der Waals surface area contributed by atoms with Crippen LogP contribution >= 0.6 is 0 Å². The molecule has 2 aliphatic rings. The van der Waals surface area contributed by atoms with Crippen molar-refractivity contribution < 1.29 is 0 Å². The monoisotopic (exact) mass is 320 g/mol. The molecule has 2 aromatic carbocycles. The summed E-state index contributed by atoms with van der Waals surface area (Å²) in [5, 5.41) is 3.57. The van der Waals surface area contributed by atoms with E-state index in [1.54, 1.807) is 11.1 Å². The standard InChI is InChI=1S/C22H28N2/c1-17-21-16-18-8-6-7-11-20(18)22(17,2)12-14-24(21)15-13-23-19-9-4-3-5-10-19/h3-11,17,21,23H,12-16H2,1-2H3/t17-,21+,22+/m0/s1. The van der Waals surface area contributed by atoms with Crippen LogP contribution in [0.4, 0.5) is 5.69 Å². The highest BCUT2D eigenvalue weighted by Gasteiger charge is 2.47. The van der Waals surface area contributed by atoms with Gasteiger partial charge in [-0.05, 0) is 54.0 Å². The Balaban J connectivity index is 1.47. The number of likely N-dealkylation sites (tertiary alicyclic amines) is 1. The van der Waals surface area contributed by atoms with Gasteiger partial charge in [-0.15, -0.1) is 0 Å². The van der Waals surface area contributed by atoms with Crippen molar-refractivity contribution in [3.8, 4) is 0 Å². The summed E-state index contributed by atoms with van der Waals surface area (Å²) in [6.07, 6.45) is 2.48. The molecule has 1 aliphatic carbocycles. The van der Waals surface area contributed by atoms with Crippen molar-refractivity contribution in [1.82, 2.24) is 4.90 Å². The van der Waals surface area contributed by atoms with Crippen LogP contribution in [0.5, 0.6) is 0 Å². The first-order chi connectivity index (χ1) is 11.7. The van der Waals surface area contributed by atoms with Crippen LogP contribution in [0.3, 0.4) is 0 Å². The zero-order valence-corrected chi connectivity index (χ0v) is 14.8. The molecular weight excluding hydrogens is 292 g/mol. The lowest BCUT2D eigenvalue weighted by Crippen LogP contribution is -2.58. The molecule has 1 saturated heterocycles. The van der Waals surface area contributed by atoms with Crippen LogP contribution in [0.2, 0.25) is 0 Å². The predicted octanol–water partition coefficient (Wildman–Crippen LogP) is 4.32. The molecule has 1 aliphatic heterocycles. The van der Waals surface area contributed by atoms with Gasteiger partial charge in [-0.25, -0.2) is 0 Å². The molecule has 0 radical (unpaired) electrons. The van der Waals surface area contributed by atoms with Gasteiger partial charge in [-0.2, -0.15) is 0 Å². The fourth-order valence-corrected chi connectivity index (χ4v) is 4.85. The van der Waals surface area contributed by atoms with Gasteiger partial charge in [-0.3, -0.25) is 4.90 Å². The minimum Gasteiger partial charge on any atom is -0.384 e. The number of piperidine rings is 1. The van der Waals surface area contributed by atoms with Crippen molar-refractivity contribution in [2.45, 2.75) is 38.1 Å². The van der Waals surface area contributed by atoms with Crippen molar-refractivity contribution in [3.05, 3.63) is 65.7 Å². The molecule has 1 heterocycles. The second-order valence-corrected chi connectivity index (χ2v) is 7.71. The molecule has 24 heavy (non-hydrogen) atoms. The van der Waals surface area contributed by atoms with Crippen molar-refractivity contribution >= 4 is 5.69 Å². The Morgan fingerprint density at radius 1 is 1.08 bits per heavy atom. The molecule has 2 bridgehead atoms. The SMILES string of the molecule is C[C@H]1[C@H]2Cc3ccccc3[C@]1(C)CCN2CCNc1ccccc1. The van der Waals surface area contributed by atoms with Crippen LogP contribution in [-0.2, 0) is 11.8 Å². The molecule has 126 valence electrons. The lowest BCUT2D eigenvalue weighted by molar-refractivity contribution is 0.0344. The van der Waals surface area contributed by atoms with Gasteiger partial charge in [0.1, 0.15) is 0 Å². The zero-order chi connectivity index (χ0) is 16.6. The summed E-state index contributed by atoms with van der Waals surface area (Å²) >= 11 is 0. The highest BCUT2D eigenvalue weighted by Crippen LogP contribution is 2.48. The van der Waals surface area contributed by atoms with Crippen LogP contribution < -0.4 is 5.32 Å². The van der Waals surface area contributed by atoms with Crippen molar-refractivity contribution in [1.29, 1.82) is 0 Å².